The van der Waals surface area contributed by atoms with Crippen molar-refractivity contribution >= 4 is 11.8 Å². The number of piperidine rings is 3. The topological polar surface area (TPSA) is 49.9 Å². The first kappa shape index (κ1) is 17.4. The Labute approximate surface area is 155 Å². The van der Waals surface area contributed by atoms with E-state index in [9.17, 15) is 9.59 Å². The summed E-state index contributed by atoms with van der Waals surface area (Å²) in [6, 6.07) is 8.31. The molecule has 1 aromatic carbocycles. The fourth-order valence-corrected chi connectivity index (χ4v) is 5.05. The molecule has 5 heteroatoms. The summed E-state index contributed by atoms with van der Waals surface area (Å²) >= 11 is 0. The van der Waals surface area contributed by atoms with Crippen LogP contribution >= 0.6 is 0 Å². The number of amides is 2. The van der Waals surface area contributed by atoms with Crippen LogP contribution in [0.15, 0.2) is 24.3 Å². The van der Waals surface area contributed by atoms with Crippen LogP contribution in [-0.2, 0) is 16.0 Å². The van der Waals surface area contributed by atoms with Crippen LogP contribution in [0, 0.1) is 11.8 Å². The minimum atomic E-state index is 0.248. The average Bonchev–Trinajstić information content (AvgIpc) is 2.67. The van der Waals surface area contributed by atoms with Crippen LogP contribution in [0.5, 0.6) is 5.75 Å². The van der Waals surface area contributed by atoms with Crippen molar-refractivity contribution < 1.29 is 14.3 Å². The minimum Gasteiger partial charge on any atom is -0.497 e. The summed E-state index contributed by atoms with van der Waals surface area (Å²) < 4.78 is 5.26. The van der Waals surface area contributed by atoms with E-state index in [2.05, 4.69) is 9.80 Å². The van der Waals surface area contributed by atoms with Gasteiger partial charge < -0.3 is 14.5 Å². The van der Waals surface area contributed by atoms with Gasteiger partial charge >= 0.3 is 0 Å². The Kier molecular flexibility index (Phi) is 4.88. The lowest BCUT2D eigenvalue weighted by Gasteiger charge is -2.52. The Morgan fingerprint density at radius 1 is 1.27 bits per heavy atom. The maximum atomic E-state index is 12.8. The standard InChI is InChI=1S/C21H28N2O3/c1-26-18-5-2-4-15(11-18)8-9-20(24)22-12-16-10-17(14-22)19-6-3-7-21(25)23(19)13-16/h2,4-5,11,16-17,19H,3,6-10,12-14H2,1H3/t16?,17?,19-/m1/s1. The van der Waals surface area contributed by atoms with E-state index in [1.165, 1.54) is 6.42 Å². The third-order valence-corrected chi connectivity index (χ3v) is 6.29. The lowest BCUT2D eigenvalue weighted by Crippen LogP contribution is -2.61. The number of hydrogen-bond donors (Lipinski definition) is 0. The Balaban J connectivity index is 1.37. The molecule has 0 spiro atoms. The molecule has 26 heavy (non-hydrogen) atoms. The van der Waals surface area contributed by atoms with E-state index in [-0.39, 0.29) is 5.91 Å². The minimum absolute atomic E-state index is 0.248. The lowest BCUT2D eigenvalue weighted by molar-refractivity contribution is -0.148. The third-order valence-electron chi connectivity index (χ3n) is 6.29. The number of likely N-dealkylation sites (tertiary alicyclic amines) is 1. The average molecular weight is 356 g/mol. The molecule has 2 bridgehead atoms. The smallest absolute Gasteiger partial charge is 0.222 e. The van der Waals surface area contributed by atoms with Crippen molar-refractivity contribution in [1.29, 1.82) is 0 Å². The van der Waals surface area contributed by atoms with Crippen molar-refractivity contribution in [2.75, 3.05) is 26.7 Å². The molecule has 0 saturated carbocycles. The lowest BCUT2D eigenvalue weighted by atomic mass is 9.76. The molecule has 3 atom stereocenters. The maximum Gasteiger partial charge on any atom is 0.222 e. The zero-order chi connectivity index (χ0) is 18.1. The molecular formula is C21H28N2O3. The van der Waals surface area contributed by atoms with Crippen molar-refractivity contribution in [3.63, 3.8) is 0 Å². The maximum absolute atomic E-state index is 12.8. The van der Waals surface area contributed by atoms with Gasteiger partial charge in [-0.15, -0.1) is 0 Å². The van der Waals surface area contributed by atoms with Crippen LogP contribution < -0.4 is 4.74 Å². The molecule has 3 fully saturated rings. The number of aryl methyl sites for hydroxylation is 1. The second-order valence-electron chi connectivity index (χ2n) is 8.02. The van der Waals surface area contributed by atoms with Crippen LogP contribution in [0.1, 0.15) is 37.7 Å². The highest BCUT2D eigenvalue weighted by Gasteiger charge is 2.44. The van der Waals surface area contributed by atoms with Crippen LogP contribution in [0.2, 0.25) is 0 Å². The molecule has 0 aromatic heterocycles. The van der Waals surface area contributed by atoms with Crippen molar-refractivity contribution in [2.45, 2.75) is 44.6 Å². The van der Waals surface area contributed by atoms with Gasteiger partial charge in [-0.05, 0) is 55.2 Å². The molecular weight excluding hydrogens is 328 g/mol. The molecule has 3 aliphatic rings. The molecule has 0 aliphatic carbocycles. The Morgan fingerprint density at radius 2 is 2.15 bits per heavy atom. The highest BCUT2D eigenvalue weighted by molar-refractivity contribution is 5.78. The van der Waals surface area contributed by atoms with Gasteiger partial charge in [-0.1, -0.05) is 12.1 Å². The molecule has 1 aromatic rings. The van der Waals surface area contributed by atoms with Gasteiger partial charge in [-0.25, -0.2) is 0 Å². The fraction of sp³-hybridized carbons (Fsp3) is 0.619. The second kappa shape index (κ2) is 7.29. The predicted octanol–water partition coefficient (Wildman–Crippen LogP) is 2.49. The van der Waals surface area contributed by atoms with Crippen LogP contribution in [0.3, 0.4) is 0 Å². The summed E-state index contributed by atoms with van der Waals surface area (Å²) in [5.41, 5.74) is 1.14. The van der Waals surface area contributed by atoms with Gasteiger partial charge in [-0.3, -0.25) is 9.59 Å². The number of fused-ring (bicyclic) bond motifs is 4. The summed E-state index contributed by atoms with van der Waals surface area (Å²) in [6.45, 7) is 2.48. The summed E-state index contributed by atoms with van der Waals surface area (Å²) in [5.74, 6) is 2.33. The van der Waals surface area contributed by atoms with Gasteiger partial charge in [0, 0.05) is 38.5 Å². The molecule has 3 heterocycles. The number of rotatable bonds is 4. The van der Waals surface area contributed by atoms with Gasteiger partial charge in [0.05, 0.1) is 7.11 Å². The SMILES string of the molecule is COc1cccc(CCC(=O)N2CC3CC(C2)[C@H]2CCCC(=O)N2C3)c1. The van der Waals surface area contributed by atoms with Gasteiger partial charge in [0.15, 0.2) is 0 Å². The van der Waals surface area contributed by atoms with Crippen LogP contribution in [0.25, 0.3) is 0 Å². The fourth-order valence-electron chi connectivity index (χ4n) is 5.05. The summed E-state index contributed by atoms with van der Waals surface area (Å²) in [7, 11) is 1.66. The Morgan fingerprint density at radius 3 is 3.00 bits per heavy atom. The van der Waals surface area contributed by atoms with Gasteiger partial charge in [0.2, 0.25) is 11.8 Å². The number of hydrogen-bond acceptors (Lipinski definition) is 3. The first-order chi connectivity index (χ1) is 12.6. The first-order valence-electron chi connectivity index (χ1n) is 9.84. The molecule has 4 rings (SSSR count). The predicted molar refractivity (Wildman–Crippen MR) is 98.8 cm³/mol. The van der Waals surface area contributed by atoms with Gasteiger partial charge in [-0.2, -0.15) is 0 Å². The highest BCUT2D eigenvalue weighted by atomic mass is 16.5. The number of methoxy groups -OCH3 is 1. The first-order valence-corrected chi connectivity index (χ1v) is 9.84. The van der Waals surface area contributed by atoms with E-state index < -0.39 is 0 Å². The number of benzene rings is 1. The normalized spacial score (nSPS) is 27.9. The summed E-state index contributed by atoms with van der Waals surface area (Å²) in [6.07, 6.45) is 5.28. The molecule has 2 unspecified atom stereocenters. The van der Waals surface area contributed by atoms with Gasteiger partial charge in [0.25, 0.3) is 0 Å². The molecule has 140 valence electrons. The molecule has 0 N–H and O–H groups in total. The highest BCUT2D eigenvalue weighted by Crippen LogP contribution is 2.38. The van der Waals surface area contributed by atoms with E-state index in [0.717, 1.165) is 50.2 Å². The number of ether oxygens (including phenoxy) is 1. The van der Waals surface area contributed by atoms with E-state index in [1.54, 1.807) is 7.11 Å². The number of nitrogens with zero attached hydrogens (tertiary/aromatic N) is 2. The molecule has 2 amide bonds. The van der Waals surface area contributed by atoms with E-state index >= 15 is 0 Å². The van der Waals surface area contributed by atoms with Gasteiger partial charge in [0.1, 0.15) is 5.75 Å². The quantitative estimate of drug-likeness (QED) is 0.833. The van der Waals surface area contributed by atoms with Crippen molar-refractivity contribution in [3.8, 4) is 5.75 Å². The largest absolute Gasteiger partial charge is 0.497 e. The number of carbonyl (C=O) groups is 2. The number of carbonyl (C=O) groups excluding carboxylic acids is 2. The van der Waals surface area contributed by atoms with Crippen LogP contribution in [0.4, 0.5) is 0 Å². The zero-order valence-electron chi connectivity index (χ0n) is 15.5. The second-order valence-corrected chi connectivity index (χ2v) is 8.02. The molecule has 3 saturated heterocycles. The van der Waals surface area contributed by atoms with Crippen LogP contribution in [-0.4, -0.2) is 54.4 Å². The third kappa shape index (κ3) is 3.44. The van der Waals surface area contributed by atoms with E-state index in [0.29, 0.717) is 36.6 Å². The van der Waals surface area contributed by atoms with Crippen molar-refractivity contribution in [3.05, 3.63) is 29.8 Å². The van der Waals surface area contributed by atoms with Crippen molar-refractivity contribution in [2.24, 2.45) is 11.8 Å². The molecule has 3 aliphatic heterocycles. The monoisotopic (exact) mass is 356 g/mol. The van der Waals surface area contributed by atoms with E-state index in [1.807, 2.05) is 24.3 Å². The molecule has 5 nitrogen and oxygen atoms in total. The van der Waals surface area contributed by atoms with E-state index in [4.69, 9.17) is 4.74 Å². The summed E-state index contributed by atoms with van der Waals surface area (Å²) in [5, 5.41) is 0. The van der Waals surface area contributed by atoms with Crippen molar-refractivity contribution in [1.82, 2.24) is 9.80 Å². The zero-order valence-corrected chi connectivity index (χ0v) is 15.5. The Bertz CT molecular complexity index is 690. The molecule has 0 radical (unpaired) electrons. The summed E-state index contributed by atoms with van der Waals surface area (Å²) in [4.78, 5) is 29.2. The Hall–Kier alpha value is -2.04.